The number of hydrogen-bond donors (Lipinski definition) is 1. The number of nitrogens with one attached hydrogen (secondary N) is 1. The fourth-order valence-electron chi connectivity index (χ4n) is 4.38. The number of amides is 1. The molecule has 0 radical (unpaired) electrons. The van der Waals surface area contributed by atoms with E-state index in [0.29, 0.717) is 23.0 Å². The van der Waals surface area contributed by atoms with Gasteiger partial charge < -0.3 is 9.88 Å². The van der Waals surface area contributed by atoms with Gasteiger partial charge in [-0.3, -0.25) is 4.79 Å². The number of aryl methyl sites for hydroxylation is 1. The number of hydrogen-bond acceptors (Lipinski definition) is 2. The van der Waals surface area contributed by atoms with Gasteiger partial charge in [-0.05, 0) is 66.6 Å². The van der Waals surface area contributed by atoms with E-state index < -0.39 is 0 Å². The quantitative estimate of drug-likeness (QED) is 0.224. The van der Waals surface area contributed by atoms with Gasteiger partial charge in [0.15, 0.2) is 0 Å². The molecule has 35 heavy (non-hydrogen) atoms. The van der Waals surface area contributed by atoms with Crippen LogP contribution in [0.25, 0.3) is 11.0 Å². The first-order valence-corrected chi connectivity index (χ1v) is 13.0. The van der Waals surface area contributed by atoms with Crippen LogP contribution < -0.4 is 5.32 Å². The zero-order valence-corrected chi connectivity index (χ0v) is 21.4. The van der Waals surface area contributed by atoms with Crippen molar-refractivity contribution in [2.75, 3.05) is 6.54 Å². The van der Waals surface area contributed by atoms with E-state index in [2.05, 4.69) is 66.2 Å². The van der Waals surface area contributed by atoms with Gasteiger partial charge in [0.1, 0.15) is 5.82 Å². The first-order chi connectivity index (χ1) is 17.0. The molecular weight excluding hydrogens is 454 g/mol. The third-order valence-electron chi connectivity index (χ3n) is 6.68. The molecule has 0 spiro atoms. The molecule has 0 saturated heterocycles. The van der Waals surface area contributed by atoms with Crippen LogP contribution >= 0.6 is 11.6 Å². The predicted octanol–water partition coefficient (Wildman–Crippen LogP) is 7.39. The zero-order valence-electron chi connectivity index (χ0n) is 20.6. The van der Waals surface area contributed by atoms with E-state index in [4.69, 9.17) is 16.6 Å². The molecule has 4 aromatic rings. The monoisotopic (exact) mass is 487 g/mol. The number of unbranched alkanes of at least 4 members (excludes halogenated alkanes) is 2. The largest absolute Gasteiger partial charge is 0.352 e. The van der Waals surface area contributed by atoms with E-state index >= 15 is 0 Å². The van der Waals surface area contributed by atoms with Crippen molar-refractivity contribution in [1.82, 2.24) is 14.9 Å². The van der Waals surface area contributed by atoms with Gasteiger partial charge >= 0.3 is 0 Å². The smallest absolute Gasteiger partial charge is 0.251 e. The van der Waals surface area contributed by atoms with Crippen molar-refractivity contribution in [1.29, 1.82) is 0 Å². The Morgan fingerprint density at radius 2 is 1.80 bits per heavy atom. The molecule has 0 bridgehead atoms. The molecule has 0 aliphatic heterocycles. The lowest BCUT2D eigenvalue weighted by molar-refractivity contribution is 0.0953. The number of nitrogens with zero attached hydrogens (tertiary/aromatic N) is 2. The molecule has 1 amide bonds. The summed E-state index contributed by atoms with van der Waals surface area (Å²) in [6.07, 6.45) is 5.07. The topological polar surface area (TPSA) is 46.9 Å². The van der Waals surface area contributed by atoms with Crippen LogP contribution in [0.15, 0.2) is 72.8 Å². The van der Waals surface area contributed by atoms with Crippen LogP contribution in [0.1, 0.15) is 72.8 Å². The zero-order chi connectivity index (χ0) is 24.6. The van der Waals surface area contributed by atoms with Crippen LogP contribution in [-0.4, -0.2) is 22.0 Å². The Kier molecular flexibility index (Phi) is 8.59. The summed E-state index contributed by atoms with van der Waals surface area (Å²) in [6, 6.07) is 24.5. The van der Waals surface area contributed by atoms with E-state index in [0.717, 1.165) is 50.0 Å². The second-order valence-corrected chi connectivity index (χ2v) is 9.67. The highest BCUT2D eigenvalue weighted by atomic mass is 35.5. The van der Waals surface area contributed by atoms with Crippen molar-refractivity contribution in [3.8, 4) is 0 Å². The summed E-state index contributed by atoms with van der Waals surface area (Å²) in [7, 11) is 0. The van der Waals surface area contributed by atoms with E-state index in [1.54, 1.807) is 24.3 Å². The molecule has 1 unspecified atom stereocenters. The van der Waals surface area contributed by atoms with Gasteiger partial charge in [-0.15, -0.1) is 0 Å². The van der Waals surface area contributed by atoms with Crippen LogP contribution in [-0.2, 0) is 13.0 Å². The number of fused-ring (bicyclic) bond motifs is 1. The molecule has 1 atom stereocenters. The molecule has 4 nitrogen and oxygen atoms in total. The number of carbonyl (C=O) groups excluding carboxylic acids is 1. The average Bonchev–Trinajstić information content (AvgIpc) is 3.23. The Labute approximate surface area is 213 Å². The number of benzene rings is 3. The first-order valence-electron chi connectivity index (χ1n) is 12.6. The van der Waals surface area contributed by atoms with Crippen molar-refractivity contribution >= 4 is 28.5 Å². The lowest BCUT2D eigenvalue weighted by Gasteiger charge is -2.12. The maximum Gasteiger partial charge on any atom is 0.251 e. The minimum Gasteiger partial charge on any atom is -0.352 e. The highest BCUT2D eigenvalue weighted by molar-refractivity contribution is 6.30. The summed E-state index contributed by atoms with van der Waals surface area (Å²) < 4.78 is 2.36. The summed E-state index contributed by atoms with van der Waals surface area (Å²) in [4.78, 5) is 17.2. The molecule has 4 rings (SSSR count). The van der Waals surface area contributed by atoms with Gasteiger partial charge in [0.05, 0.1) is 11.0 Å². The molecule has 0 aliphatic rings. The predicted molar refractivity (Wildman–Crippen MR) is 145 cm³/mol. The molecule has 0 aliphatic carbocycles. The molecule has 1 heterocycles. The van der Waals surface area contributed by atoms with Crippen LogP contribution in [0, 0.1) is 0 Å². The van der Waals surface area contributed by atoms with Gasteiger partial charge in [0.2, 0.25) is 0 Å². The van der Waals surface area contributed by atoms with E-state index in [-0.39, 0.29) is 5.91 Å². The molecule has 1 aromatic heterocycles. The van der Waals surface area contributed by atoms with Crippen LogP contribution in [0.2, 0.25) is 5.02 Å². The lowest BCUT2D eigenvalue weighted by Crippen LogP contribution is -2.24. The average molecular weight is 488 g/mol. The molecule has 0 saturated carbocycles. The highest BCUT2D eigenvalue weighted by Gasteiger charge is 2.12. The Hall–Kier alpha value is -3.11. The number of halogens is 1. The number of carbonyl (C=O) groups is 1. The maximum atomic E-state index is 12.3. The molecule has 1 N–H and O–H groups in total. The minimum atomic E-state index is -0.0753. The number of aromatic nitrogens is 2. The second kappa shape index (κ2) is 12.0. The van der Waals surface area contributed by atoms with Crippen molar-refractivity contribution in [3.05, 3.63) is 100 Å². The Bertz CT molecular complexity index is 1260. The fraction of sp³-hybridized carbons (Fsp3) is 0.333. The van der Waals surface area contributed by atoms with Crippen molar-refractivity contribution in [2.45, 2.75) is 58.4 Å². The van der Waals surface area contributed by atoms with Crippen molar-refractivity contribution < 1.29 is 4.79 Å². The van der Waals surface area contributed by atoms with Gasteiger partial charge in [0, 0.05) is 30.1 Å². The van der Waals surface area contributed by atoms with Gasteiger partial charge in [-0.25, -0.2) is 4.98 Å². The SMILES string of the molecule is CCC(C)c1ccc(Cn2c(CCCCCNC(=O)c3cccc(Cl)c3)nc3ccccc32)cc1. The van der Waals surface area contributed by atoms with Gasteiger partial charge in [0.25, 0.3) is 5.91 Å². The van der Waals surface area contributed by atoms with Crippen LogP contribution in [0.5, 0.6) is 0 Å². The van der Waals surface area contributed by atoms with E-state index in [9.17, 15) is 4.79 Å². The molecule has 3 aromatic carbocycles. The summed E-state index contributed by atoms with van der Waals surface area (Å²) in [5, 5.41) is 3.56. The Morgan fingerprint density at radius 3 is 2.57 bits per heavy atom. The molecule has 0 fully saturated rings. The molecule has 182 valence electrons. The third-order valence-corrected chi connectivity index (χ3v) is 6.92. The summed E-state index contributed by atoms with van der Waals surface area (Å²) in [5.74, 6) is 1.64. The second-order valence-electron chi connectivity index (χ2n) is 9.23. The normalized spacial score (nSPS) is 12.1. The molecular formula is C30H34ClN3O. The van der Waals surface area contributed by atoms with E-state index in [1.807, 2.05) is 6.07 Å². The summed E-state index contributed by atoms with van der Waals surface area (Å²) >= 11 is 5.98. The summed E-state index contributed by atoms with van der Waals surface area (Å²) in [5.41, 5.74) is 5.53. The fourth-order valence-corrected chi connectivity index (χ4v) is 4.57. The minimum absolute atomic E-state index is 0.0753. The van der Waals surface area contributed by atoms with Crippen LogP contribution in [0.4, 0.5) is 0 Å². The van der Waals surface area contributed by atoms with Crippen molar-refractivity contribution in [3.63, 3.8) is 0 Å². The first kappa shape index (κ1) is 25.0. The third kappa shape index (κ3) is 6.52. The number of para-hydroxylation sites is 2. The van der Waals surface area contributed by atoms with Crippen LogP contribution in [0.3, 0.4) is 0 Å². The van der Waals surface area contributed by atoms with Crippen molar-refractivity contribution in [2.24, 2.45) is 0 Å². The Morgan fingerprint density at radius 1 is 1.00 bits per heavy atom. The number of imidazole rings is 1. The standard InChI is InChI=1S/C30H34ClN3O/c1-3-22(2)24-17-15-23(16-18-24)21-34-28-13-7-6-12-27(28)33-29(34)14-5-4-8-19-32-30(35)25-10-9-11-26(31)20-25/h6-7,9-13,15-18,20,22H,3-5,8,14,19,21H2,1-2H3,(H,32,35). The number of rotatable bonds is 11. The summed E-state index contributed by atoms with van der Waals surface area (Å²) in [6.45, 7) is 5.99. The maximum absolute atomic E-state index is 12.3. The molecule has 5 heteroatoms. The lowest BCUT2D eigenvalue weighted by atomic mass is 9.97. The van der Waals surface area contributed by atoms with Gasteiger partial charge in [-0.1, -0.05) is 74.3 Å². The van der Waals surface area contributed by atoms with E-state index in [1.165, 1.54) is 16.6 Å². The highest BCUT2D eigenvalue weighted by Crippen LogP contribution is 2.22. The van der Waals surface area contributed by atoms with Gasteiger partial charge in [-0.2, -0.15) is 0 Å². The Balaban J connectivity index is 1.33.